The molecule has 0 aliphatic carbocycles. The minimum Gasteiger partial charge on any atom is -0.493 e. The summed E-state index contributed by atoms with van der Waals surface area (Å²) >= 11 is 0. The first-order valence-corrected chi connectivity index (χ1v) is 11.5. The molecule has 1 aliphatic rings. The minimum atomic E-state index is -3.21. The molecule has 3 atom stereocenters. The van der Waals surface area contributed by atoms with Crippen molar-refractivity contribution in [3.63, 3.8) is 0 Å². The standard InChI is InChI=1S/C22H26N2O4S/c1-16-10-18(15-28-20-6-8-21(9-7-20)29(2,26)27)13-24(16)14-22(25)19-5-3-4-17(11-19)12-23/h3-9,11,16,18,22,25H,10,13-15H2,1-2H3/t16-,18+,22?/m1/s1. The molecule has 1 fully saturated rings. The lowest BCUT2D eigenvalue weighted by molar-refractivity contribution is 0.107. The molecule has 154 valence electrons. The first-order valence-electron chi connectivity index (χ1n) is 9.61. The number of hydrogen-bond donors (Lipinski definition) is 1. The van der Waals surface area contributed by atoms with Gasteiger partial charge in [-0.3, -0.25) is 4.90 Å². The van der Waals surface area contributed by atoms with Gasteiger partial charge in [0.05, 0.1) is 29.2 Å². The van der Waals surface area contributed by atoms with E-state index in [1.807, 2.05) is 6.07 Å². The Labute approximate surface area is 172 Å². The van der Waals surface area contributed by atoms with Gasteiger partial charge >= 0.3 is 0 Å². The molecular weight excluding hydrogens is 388 g/mol. The van der Waals surface area contributed by atoms with Gasteiger partial charge in [0.1, 0.15) is 5.75 Å². The number of likely N-dealkylation sites (tertiary alicyclic amines) is 1. The molecule has 29 heavy (non-hydrogen) atoms. The van der Waals surface area contributed by atoms with Crippen LogP contribution in [0.15, 0.2) is 53.4 Å². The third-order valence-corrected chi connectivity index (χ3v) is 6.46. The zero-order valence-electron chi connectivity index (χ0n) is 16.7. The quantitative estimate of drug-likeness (QED) is 0.749. The van der Waals surface area contributed by atoms with Gasteiger partial charge in [0, 0.05) is 31.3 Å². The summed E-state index contributed by atoms with van der Waals surface area (Å²) < 4.78 is 28.9. The zero-order chi connectivity index (χ0) is 21.0. The van der Waals surface area contributed by atoms with Gasteiger partial charge < -0.3 is 9.84 Å². The smallest absolute Gasteiger partial charge is 0.175 e. The van der Waals surface area contributed by atoms with E-state index in [4.69, 9.17) is 10.00 Å². The van der Waals surface area contributed by atoms with E-state index in [-0.39, 0.29) is 4.90 Å². The SMILES string of the molecule is C[C@@H]1C[C@H](COc2ccc(S(C)(=O)=O)cc2)CN1CC(O)c1cccc(C#N)c1. The van der Waals surface area contributed by atoms with Crippen LogP contribution in [-0.2, 0) is 9.84 Å². The lowest BCUT2D eigenvalue weighted by Gasteiger charge is -2.24. The molecule has 0 amide bonds. The van der Waals surface area contributed by atoms with Gasteiger partial charge in [-0.25, -0.2) is 8.42 Å². The number of benzene rings is 2. The minimum absolute atomic E-state index is 0.278. The molecule has 0 aromatic heterocycles. The molecule has 1 heterocycles. The molecule has 6 nitrogen and oxygen atoms in total. The summed E-state index contributed by atoms with van der Waals surface area (Å²) in [6.07, 6.45) is 1.50. The Morgan fingerprint density at radius 2 is 2.00 bits per heavy atom. The Morgan fingerprint density at radius 1 is 1.28 bits per heavy atom. The molecule has 0 spiro atoms. The number of nitriles is 1. The summed E-state index contributed by atoms with van der Waals surface area (Å²) in [4.78, 5) is 2.52. The van der Waals surface area contributed by atoms with Crippen molar-refractivity contribution in [3.05, 3.63) is 59.7 Å². The Kier molecular flexibility index (Phi) is 6.58. The summed E-state index contributed by atoms with van der Waals surface area (Å²) in [6, 6.07) is 16.0. The molecule has 0 bridgehead atoms. The second-order valence-corrected chi connectivity index (χ2v) is 9.73. The van der Waals surface area contributed by atoms with Gasteiger partial charge in [0.2, 0.25) is 0 Å². The molecule has 1 unspecified atom stereocenters. The monoisotopic (exact) mass is 414 g/mol. The van der Waals surface area contributed by atoms with Crippen LogP contribution in [0.3, 0.4) is 0 Å². The van der Waals surface area contributed by atoms with Gasteiger partial charge in [-0.1, -0.05) is 12.1 Å². The Morgan fingerprint density at radius 3 is 2.66 bits per heavy atom. The molecule has 1 N–H and O–H groups in total. The van der Waals surface area contributed by atoms with Gasteiger partial charge in [-0.05, 0) is 55.3 Å². The number of sulfone groups is 1. The van der Waals surface area contributed by atoms with Gasteiger partial charge in [0.25, 0.3) is 0 Å². The van der Waals surface area contributed by atoms with Crippen molar-refractivity contribution in [1.29, 1.82) is 5.26 Å². The number of aliphatic hydroxyl groups excluding tert-OH is 1. The Balaban J connectivity index is 1.53. The number of ether oxygens (including phenoxy) is 1. The van der Waals surface area contributed by atoms with Gasteiger partial charge in [-0.15, -0.1) is 0 Å². The van der Waals surface area contributed by atoms with Gasteiger partial charge in [0.15, 0.2) is 9.84 Å². The van der Waals surface area contributed by atoms with Crippen molar-refractivity contribution in [1.82, 2.24) is 4.90 Å². The molecule has 2 aromatic rings. The summed E-state index contributed by atoms with van der Waals surface area (Å²) in [7, 11) is -3.21. The molecule has 0 saturated carbocycles. The van der Waals surface area contributed by atoms with E-state index in [2.05, 4.69) is 17.9 Å². The van der Waals surface area contributed by atoms with Crippen LogP contribution in [0.2, 0.25) is 0 Å². The molecule has 1 aliphatic heterocycles. The third-order valence-electron chi connectivity index (χ3n) is 5.34. The Bertz CT molecular complexity index is 983. The van der Waals surface area contributed by atoms with Crippen molar-refractivity contribution >= 4 is 9.84 Å². The zero-order valence-corrected chi connectivity index (χ0v) is 17.5. The van der Waals surface area contributed by atoms with Crippen molar-refractivity contribution in [2.45, 2.75) is 30.4 Å². The number of aliphatic hydroxyl groups is 1. The van der Waals surface area contributed by atoms with Crippen LogP contribution >= 0.6 is 0 Å². The highest BCUT2D eigenvalue weighted by molar-refractivity contribution is 7.90. The fraction of sp³-hybridized carbons (Fsp3) is 0.409. The number of β-amino-alcohol motifs (C(OH)–C–C–N with tert-alkyl or cyclic N) is 1. The van der Waals surface area contributed by atoms with E-state index in [0.717, 1.165) is 18.5 Å². The first-order chi connectivity index (χ1) is 13.8. The predicted molar refractivity (Wildman–Crippen MR) is 110 cm³/mol. The average molecular weight is 415 g/mol. The molecule has 2 aromatic carbocycles. The lowest BCUT2D eigenvalue weighted by atomic mass is 10.1. The van der Waals surface area contributed by atoms with E-state index < -0.39 is 15.9 Å². The number of hydrogen-bond acceptors (Lipinski definition) is 6. The van der Waals surface area contributed by atoms with Crippen LogP contribution in [0.25, 0.3) is 0 Å². The normalized spacial score (nSPS) is 20.9. The van der Waals surface area contributed by atoms with Crippen molar-refractivity contribution < 1.29 is 18.3 Å². The maximum absolute atomic E-state index is 11.5. The summed E-state index contributed by atoms with van der Waals surface area (Å²) in [5.41, 5.74) is 1.30. The van der Waals surface area contributed by atoms with Crippen molar-refractivity contribution in [3.8, 4) is 11.8 Å². The number of nitrogens with zero attached hydrogens (tertiary/aromatic N) is 2. The topological polar surface area (TPSA) is 90.6 Å². The van der Waals surface area contributed by atoms with Crippen LogP contribution in [0.5, 0.6) is 5.75 Å². The molecule has 1 saturated heterocycles. The largest absolute Gasteiger partial charge is 0.493 e. The highest BCUT2D eigenvalue weighted by Crippen LogP contribution is 2.27. The Hall–Kier alpha value is -2.40. The van der Waals surface area contributed by atoms with Crippen LogP contribution < -0.4 is 4.74 Å². The maximum atomic E-state index is 11.5. The lowest BCUT2D eigenvalue weighted by Crippen LogP contribution is -2.32. The number of rotatable bonds is 7. The van der Waals surface area contributed by atoms with E-state index in [0.29, 0.717) is 36.4 Å². The fourth-order valence-corrected chi connectivity index (χ4v) is 4.36. The molecule has 7 heteroatoms. The van der Waals surface area contributed by atoms with Crippen LogP contribution in [0, 0.1) is 17.2 Å². The molecular formula is C22H26N2O4S. The highest BCUT2D eigenvalue weighted by Gasteiger charge is 2.31. The first kappa shape index (κ1) is 21.3. The van der Waals surface area contributed by atoms with Crippen molar-refractivity contribution in [2.24, 2.45) is 5.92 Å². The summed E-state index contributed by atoms with van der Waals surface area (Å²) in [6.45, 7) is 4.01. The highest BCUT2D eigenvalue weighted by atomic mass is 32.2. The molecule has 3 rings (SSSR count). The second-order valence-electron chi connectivity index (χ2n) is 7.71. The van der Waals surface area contributed by atoms with Crippen LogP contribution in [0.4, 0.5) is 0 Å². The van der Waals surface area contributed by atoms with E-state index >= 15 is 0 Å². The van der Waals surface area contributed by atoms with Crippen molar-refractivity contribution in [2.75, 3.05) is 26.0 Å². The predicted octanol–water partition coefficient (Wildman–Crippen LogP) is 2.78. The van der Waals surface area contributed by atoms with E-state index in [9.17, 15) is 13.5 Å². The summed E-state index contributed by atoms with van der Waals surface area (Å²) in [5, 5.41) is 19.6. The van der Waals surface area contributed by atoms with Crippen LogP contribution in [0.1, 0.15) is 30.6 Å². The second kappa shape index (κ2) is 8.95. The van der Waals surface area contributed by atoms with E-state index in [1.165, 1.54) is 6.26 Å². The summed E-state index contributed by atoms with van der Waals surface area (Å²) in [5.74, 6) is 0.981. The maximum Gasteiger partial charge on any atom is 0.175 e. The van der Waals surface area contributed by atoms with Gasteiger partial charge in [-0.2, -0.15) is 5.26 Å². The van der Waals surface area contributed by atoms with Crippen LogP contribution in [-0.4, -0.2) is 50.4 Å². The average Bonchev–Trinajstić information content (AvgIpc) is 3.05. The third kappa shape index (κ3) is 5.57. The molecule has 0 radical (unpaired) electrons. The fourth-order valence-electron chi connectivity index (χ4n) is 3.73. The van der Waals surface area contributed by atoms with E-state index in [1.54, 1.807) is 42.5 Å².